The Morgan fingerprint density at radius 1 is 1.30 bits per heavy atom. The summed E-state index contributed by atoms with van der Waals surface area (Å²) >= 11 is 1.07. The third kappa shape index (κ3) is 4.10. The topological polar surface area (TPSA) is 124 Å². The third-order valence-corrected chi connectivity index (χ3v) is 4.57. The maximum absolute atomic E-state index is 12.3. The van der Waals surface area contributed by atoms with Crippen LogP contribution in [0.2, 0.25) is 0 Å². The first-order valence-corrected chi connectivity index (χ1v) is 8.32. The van der Waals surface area contributed by atoms with Gasteiger partial charge in [0.05, 0.1) is 27.0 Å². The van der Waals surface area contributed by atoms with Crippen LogP contribution in [0.15, 0.2) is 58.8 Å². The lowest BCUT2D eigenvalue weighted by Gasteiger charge is -2.06. The number of benzene rings is 2. The van der Waals surface area contributed by atoms with Gasteiger partial charge in [0.1, 0.15) is 12.1 Å². The van der Waals surface area contributed by atoms with E-state index in [2.05, 4.69) is 10.2 Å². The largest absolute Gasteiger partial charge is 0.423 e. The molecule has 134 valence electrons. The Hall–Kier alpha value is -3.71. The summed E-state index contributed by atoms with van der Waals surface area (Å²) in [7, 11) is 1.72. The van der Waals surface area contributed by atoms with Crippen LogP contribution in [0.3, 0.4) is 0 Å². The molecule has 10 heteroatoms. The van der Waals surface area contributed by atoms with E-state index >= 15 is 0 Å². The number of ether oxygens (including phenoxy) is 1. The molecule has 2 aromatic carbocycles. The molecule has 27 heavy (non-hydrogen) atoms. The Labute approximate surface area is 157 Å². The number of rotatable bonds is 5. The highest BCUT2D eigenvalue weighted by Crippen LogP contribution is 2.34. The number of nitro groups is 1. The molecule has 3 aromatic rings. The van der Waals surface area contributed by atoms with Crippen LogP contribution in [-0.4, -0.2) is 25.7 Å². The first-order valence-electron chi connectivity index (χ1n) is 7.50. The molecule has 1 heterocycles. The van der Waals surface area contributed by atoms with Crippen LogP contribution in [-0.2, 0) is 7.05 Å². The van der Waals surface area contributed by atoms with E-state index in [1.807, 2.05) is 6.07 Å². The zero-order valence-electron chi connectivity index (χ0n) is 13.9. The Morgan fingerprint density at radius 2 is 2.04 bits per heavy atom. The van der Waals surface area contributed by atoms with Crippen molar-refractivity contribution in [2.24, 2.45) is 7.05 Å². The number of nitro benzene ring substituents is 1. The number of nitriles is 1. The van der Waals surface area contributed by atoms with Gasteiger partial charge in [-0.2, -0.15) is 5.26 Å². The molecule has 1 aromatic heterocycles. The third-order valence-electron chi connectivity index (χ3n) is 3.46. The first-order chi connectivity index (χ1) is 13.0. The minimum atomic E-state index is -0.738. The van der Waals surface area contributed by atoms with Crippen LogP contribution in [0.25, 0.3) is 0 Å². The summed E-state index contributed by atoms with van der Waals surface area (Å²) in [5.41, 5.74) is 0.223. The average molecular weight is 381 g/mol. The Morgan fingerprint density at radius 3 is 2.63 bits per heavy atom. The van der Waals surface area contributed by atoms with Gasteiger partial charge in [-0.15, -0.1) is 10.2 Å². The molecule has 0 aliphatic heterocycles. The van der Waals surface area contributed by atoms with Gasteiger partial charge in [-0.3, -0.25) is 10.1 Å². The SMILES string of the molecule is Cn1cnnc1Sc1ccc(C(=O)Oc2ccc(C#N)cc2)cc1[N+](=O)[O-]. The van der Waals surface area contributed by atoms with Gasteiger partial charge in [0.2, 0.25) is 0 Å². The van der Waals surface area contributed by atoms with E-state index in [1.165, 1.54) is 42.7 Å². The van der Waals surface area contributed by atoms with Crippen LogP contribution in [0.1, 0.15) is 15.9 Å². The summed E-state index contributed by atoms with van der Waals surface area (Å²) in [5.74, 6) is -0.503. The monoisotopic (exact) mass is 381 g/mol. The minimum absolute atomic E-state index is 0.0355. The second-order valence-corrected chi connectivity index (χ2v) is 6.30. The van der Waals surface area contributed by atoms with Crippen molar-refractivity contribution in [2.75, 3.05) is 0 Å². The zero-order valence-corrected chi connectivity index (χ0v) is 14.7. The van der Waals surface area contributed by atoms with Crippen molar-refractivity contribution in [3.05, 3.63) is 70.0 Å². The van der Waals surface area contributed by atoms with E-state index in [1.54, 1.807) is 11.6 Å². The molecule has 0 radical (unpaired) electrons. The molecular formula is C17H11N5O4S. The molecule has 9 nitrogen and oxygen atoms in total. The van der Waals surface area contributed by atoms with Crippen molar-refractivity contribution in [1.29, 1.82) is 5.26 Å². The Balaban J connectivity index is 1.84. The van der Waals surface area contributed by atoms with Gasteiger partial charge in [0.25, 0.3) is 5.69 Å². The van der Waals surface area contributed by atoms with E-state index < -0.39 is 10.9 Å². The van der Waals surface area contributed by atoms with Crippen LogP contribution < -0.4 is 4.74 Å². The molecule has 0 amide bonds. The predicted molar refractivity (Wildman–Crippen MR) is 94.3 cm³/mol. The lowest BCUT2D eigenvalue weighted by molar-refractivity contribution is -0.387. The van der Waals surface area contributed by atoms with Gasteiger partial charge in [0.15, 0.2) is 5.16 Å². The van der Waals surface area contributed by atoms with Gasteiger partial charge in [-0.05, 0) is 48.2 Å². The van der Waals surface area contributed by atoms with E-state index in [9.17, 15) is 14.9 Å². The predicted octanol–water partition coefficient (Wildman–Crippen LogP) is 2.97. The lowest BCUT2D eigenvalue weighted by Crippen LogP contribution is -2.09. The summed E-state index contributed by atoms with van der Waals surface area (Å²) in [6, 6.07) is 12.0. The van der Waals surface area contributed by atoms with E-state index in [4.69, 9.17) is 10.00 Å². The van der Waals surface area contributed by atoms with E-state index in [0.29, 0.717) is 15.6 Å². The smallest absolute Gasteiger partial charge is 0.343 e. The molecule has 3 rings (SSSR count). The normalized spacial score (nSPS) is 10.2. The number of aromatic nitrogens is 3. The summed E-state index contributed by atoms with van der Waals surface area (Å²) in [6.45, 7) is 0. The minimum Gasteiger partial charge on any atom is -0.423 e. The van der Waals surface area contributed by atoms with Crippen LogP contribution >= 0.6 is 11.8 Å². The fraction of sp³-hybridized carbons (Fsp3) is 0.0588. The number of carbonyl (C=O) groups excluding carboxylic acids is 1. The molecule has 0 aliphatic rings. The number of carbonyl (C=O) groups is 1. The van der Waals surface area contributed by atoms with Gasteiger partial charge in [-0.25, -0.2) is 4.79 Å². The highest BCUT2D eigenvalue weighted by Gasteiger charge is 2.21. The van der Waals surface area contributed by atoms with Crippen molar-refractivity contribution in [3.8, 4) is 11.8 Å². The van der Waals surface area contributed by atoms with Crippen molar-refractivity contribution < 1.29 is 14.5 Å². The summed E-state index contributed by atoms with van der Waals surface area (Å²) in [4.78, 5) is 23.4. The van der Waals surface area contributed by atoms with Crippen LogP contribution in [0.5, 0.6) is 5.75 Å². The standard InChI is InChI=1S/C17H11N5O4S/c1-21-10-19-20-17(21)27-15-7-4-12(8-14(15)22(24)25)16(23)26-13-5-2-11(9-18)3-6-13/h2-8,10H,1H3. The highest BCUT2D eigenvalue weighted by atomic mass is 32.2. The molecule has 0 saturated heterocycles. The van der Waals surface area contributed by atoms with Gasteiger partial charge in [0, 0.05) is 13.1 Å². The molecule has 0 fully saturated rings. The van der Waals surface area contributed by atoms with Crippen LogP contribution in [0, 0.1) is 21.4 Å². The second-order valence-electron chi connectivity index (χ2n) is 5.29. The maximum Gasteiger partial charge on any atom is 0.343 e. The molecule has 0 atom stereocenters. The number of hydrogen-bond donors (Lipinski definition) is 0. The van der Waals surface area contributed by atoms with Gasteiger partial charge in [-0.1, -0.05) is 0 Å². The Bertz CT molecular complexity index is 1060. The molecule has 0 aliphatic carbocycles. The summed E-state index contributed by atoms with van der Waals surface area (Å²) in [5, 5.41) is 28.3. The molecule has 0 bridgehead atoms. The van der Waals surface area contributed by atoms with Crippen molar-refractivity contribution in [2.45, 2.75) is 10.1 Å². The fourth-order valence-electron chi connectivity index (χ4n) is 2.10. The molecule has 0 N–H and O–H groups in total. The molecule has 0 unspecified atom stereocenters. The Kier molecular flexibility index (Phi) is 5.14. The first kappa shape index (κ1) is 18.1. The molecular weight excluding hydrogens is 370 g/mol. The maximum atomic E-state index is 12.3. The van der Waals surface area contributed by atoms with Crippen LogP contribution in [0.4, 0.5) is 5.69 Å². The van der Waals surface area contributed by atoms with E-state index in [-0.39, 0.29) is 17.0 Å². The number of aryl methyl sites for hydroxylation is 1. The number of hydrogen-bond acceptors (Lipinski definition) is 8. The number of esters is 1. The average Bonchev–Trinajstić information content (AvgIpc) is 3.07. The summed E-state index contributed by atoms with van der Waals surface area (Å²) < 4.78 is 6.82. The lowest BCUT2D eigenvalue weighted by atomic mass is 10.2. The van der Waals surface area contributed by atoms with E-state index in [0.717, 1.165) is 17.8 Å². The fourth-order valence-corrected chi connectivity index (χ4v) is 2.95. The van der Waals surface area contributed by atoms with Crippen molar-refractivity contribution >= 4 is 23.4 Å². The molecule has 0 spiro atoms. The summed E-state index contributed by atoms with van der Waals surface area (Å²) in [6.07, 6.45) is 1.48. The molecule has 0 saturated carbocycles. The zero-order chi connectivity index (χ0) is 19.4. The quantitative estimate of drug-likeness (QED) is 0.286. The van der Waals surface area contributed by atoms with Gasteiger partial charge >= 0.3 is 5.97 Å². The highest BCUT2D eigenvalue weighted by molar-refractivity contribution is 7.99. The van der Waals surface area contributed by atoms with Crippen molar-refractivity contribution in [3.63, 3.8) is 0 Å². The van der Waals surface area contributed by atoms with Crippen molar-refractivity contribution in [1.82, 2.24) is 14.8 Å². The number of nitrogens with zero attached hydrogens (tertiary/aromatic N) is 5. The second kappa shape index (κ2) is 7.67. The van der Waals surface area contributed by atoms with Gasteiger partial charge < -0.3 is 9.30 Å².